The number of rotatable bonds is 10. The van der Waals surface area contributed by atoms with Crippen molar-refractivity contribution >= 4 is 5.96 Å². The lowest BCUT2D eigenvalue weighted by Crippen LogP contribution is -2.52. The lowest BCUT2D eigenvalue weighted by atomic mass is 10.1. The molecule has 1 aliphatic rings. The normalized spacial score (nSPS) is 19.1. The van der Waals surface area contributed by atoms with E-state index in [1.165, 1.54) is 5.56 Å². The van der Waals surface area contributed by atoms with E-state index >= 15 is 0 Å². The summed E-state index contributed by atoms with van der Waals surface area (Å²) >= 11 is 0. The predicted octanol–water partition coefficient (Wildman–Crippen LogP) is 2.18. The van der Waals surface area contributed by atoms with Gasteiger partial charge in [0, 0.05) is 50.9 Å². The van der Waals surface area contributed by atoms with Crippen molar-refractivity contribution in [2.75, 3.05) is 53.2 Å². The largest absolute Gasteiger partial charge is 0.491 e. The number of morpholine rings is 1. The van der Waals surface area contributed by atoms with E-state index in [9.17, 15) is 0 Å². The molecule has 1 saturated heterocycles. The molecule has 0 radical (unpaired) electrons. The fraction of sp³-hybridized carbons (Fsp3) is 0.682. The fourth-order valence-electron chi connectivity index (χ4n) is 3.45. The molecule has 1 aromatic rings. The van der Waals surface area contributed by atoms with Crippen LogP contribution in [-0.2, 0) is 16.0 Å². The van der Waals surface area contributed by atoms with Gasteiger partial charge in [0.1, 0.15) is 12.4 Å². The third kappa shape index (κ3) is 7.84. The standard InChI is InChI=1S/C22H38N4O3/c1-6-27-11-12-29-21-13-17(2)7-8-20(21)15-25-22(23-5)24-14-18(3)26-9-10-28-16-19(26)4/h7-8,13,18-19H,6,9-12,14-16H2,1-5H3,(H2,23,24,25). The molecule has 29 heavy (non-hydrogen) atoms. The lowest BCUT2D eigenvalue weighted by Gasteiger charge is -2.38. The Hall–Kier alpha value is -1.83. The molecule has 0 bridgehead atoms. The van der Waals surface area contributed by atoms with Crippen molar-refractivity contribution in [2.45, 2.75) is 46.3 Å². The number of hydrogen-bond acceptors (Lipinski definition) is 5. The molecule has 0 spiro atoms. The smallest absolute Gasteiger partial charge is 0.191 e. The monoisotopic (exact) mass is 406 g/mol. The summed E-state index contributed by atoms with van der Waals surface area (Å²) in [5.41, 5.74) is 2.28. The maximum atomic E-state index is 5.93. The minimum atomic E-state index is 0.407. The zero-order valence-electron chi connectivity index (χ0n) is 18.7. The number of ether oxygens (including phenoxy) is 3. The molecule has 2 rings (SSSR count). The molecule has 0 saturated carbocycles. The summed E-state index contributed by atoms with van der Waals surface area (Å²) in [4.78, 5) is 6.84. The highest BCUT2D eigenvalue weighted by molar-refractivity contribution is 5.79. The van der Waals surface area contributed by atoms with E-state index in [2.05, 4.69) is 59.5 Å². The van der Waals surface area contributed by atoms with Gasteiger partial charge in [0.15, 0.2) is 5.96 Å². The van der Waals surface area contributed by atoms with E-state index in [1.54, 1.807) is 7.05 Å². The van der Waals surface area contributed by atoms with E-state index in [-0.39, 0.29) is 0 Å². The number of hydrogen-bond donors (Lipinski definition) is 2. The first-order chi connectivity index (χ1) is 14.0. The molecule has 0 aromatic heterocycles. The summed E-state index contributed by atoms with van der Waals surface area (Å²) in [5, 5.41) is 6.84. The maximum Gasteiger partial charge on any atom is 0.191 e. The van der Waals surface area contributed by atoms with Crippen molar-refractivity contribution in [3.8, 4) is 5.75 Å². The highest BCUT2D eigenvalue weighted by atomic mass is 16.5. The van der Waals surface area contributed by atoms with E-state index in [0.717, 1.165) is 43.6 Å². The molecule has 1 fully saturated rings. The van der Waals surface area contributed by atoms with Crippen LogP contribution in [0.4, 0.5) is 0 Å². The number of guanidine groups is 1. The van der Waals surface area contributed by atoms with Crippen LogP contribution in [-0.4, -0.2) is 76.1 Å². The van der Waals surface area contributed by atoms with Gasteiger partial charge in [-0.1, -0.05) is 12.1 Å². The fourth-order valence-corrected chi connectivity index (χ4v) is 3.45. The summed E-state index contributed by atoms with van der Waals surface area (Å²) in [7, 11) is 1.80. The molecule has 7 nitrogen and oxygen atoms in total. The molecular formula is C22H38N4O3. The van der Waals surface area contributed by atoms with Crippen LogP contribution in [0.5, 0.6) is 5.75 Å². The SMILES string of the molecule is CCOCCOc1cc(C)ccc1CNC(=NC)NCC(C)N1CCOCC1C. The van der Waals surface area contributed by atoms with Crippen molar-refractivity contribution in [3.63, 3.8) is 0 Å². The van der Waals surface area contributed by atoms with Gasteiger partial charge >= 0.3 is 0 Å². The average molecular weight is 407 g/mol. The number of benzene rings is 1. The Labute approximate surface area is 175 Å². The van der Waals surface area contributed by atoms with Gasteiger partial charge in [-0.25, -0.2) is 0 Å². The number of nitrogens with one attached hydrogen (secondary N) is 2. The second-order valence-electron chi connectivity index (χ2n) is 7.47. The highest BCUT2D eigenvalue weighted by Gasteiger charge is 2.23. The Morgan fingerprint density at radius 3 is 2.90 bits per heavy atom. The van der Waals surface area contributed by atoms with Crippen LogP contribution < -0.4 is 15.4 Å². The summed E-state index contributed by atoms with van der Waals surface area (Å²) in [5.74, 6) is 1.68. The van der Waals surface area contributed by atoms with Crippen LogP contribution in [0.15, 0.2) is 23.2 Å². The van der Waals surface area contributed by atoms with Crippen LogP contribution in [0.3, 0.4) is 0 Å². The zero-order valence-corrected chi connectivity index (χ0v) is 18.7. The maximum absolute atomic E-state index is 5.93. The third-order valence-electron chi connectivity index (χ3n) is 5.13. The van der Waals surface area contributed by atoms with Gasteiger partial charge in [-0.15, -0.1) is 0 Å². The summed E-state index contributed by atoms with van der Waals surface area (Å²) < 4.78 is 16.8. The quantitative estimate of drug-likeness (QED) is 0.353. The van der Waals surface area contributed by atoms with Gasteiger partial charge < -0.3 is 24.8 Å². The summed E-state index contributed by atoms with van der Waals surface area (Å²) in [6.07, 6.45) is 0. The molecule has 1 aromatic carbocycles. The molecule has 2 unspecified atom stereocenters. The Bertz CT molecular complexity index is 638. The summed E-state index contributed by atoms with van der Waals surface area (Å²) in [6.45, 7) is 14.4. The first-order valence-corrected chi connectivity index (χ1v) is 10.6. The topological polar surface area (TPSA) is 67.4 Å². The van der Waals surface area contributed by atoms with Gasteiger partial charge in [-0.2, -0.15) is 0 Å². The first kappa shape index (κ1) is 23.4. The number of nitrogens with zero attached hydrogens (tertiary/aromatic N) is 2. The number of aryl methyl sites for hydroxylation is 1. The van der Waals surface area contributed by atoms with Crippen molar-refractivity contribution < 1.29 is 14.2 Å². The average Bonchev–Trinajstić information content (AvgIpc) is 2.72. The highest BCUT2D eigenvalue weighted by Crippen LogP contribution is 2.20. The van der Waals surface area contributed by atoms with E-state index < -0.39 is 0 Å². The minimum absolute atomic E-state index is 0.407. The van der Waals surface area contributed by atoms with Crippen molar-refractivity contribution in [2.24, 2.45) is 4.99 Å². The van der Waals surface area contributed by atoms with Gasteiger partial charge in [0.05, 0.1) is 19.8 Å². The Kier molecular flexibility index (Phi) is 10.2. The van der Waals surface area contributed by atoms with Gasteiger partial charge in [0.2, 0.25) is 0 Å². The van der Waals surface area contributed by atoms with E-state index in [0.29, 0.717) is 38.4 Å². The molecule has 0 aliphatic carbocycles. The van der Waals surface area contributed by atoms with E-state index in [4.69, 9.17) is 14.2 Å². The molecule has 2 atom stereocenters. The van der Waals surface area contributed by atoms with E-state index in [1.807, 2.05) is 6.92 Å². The Morgan fingerprint density at radius 1 is 1.34 bits per heavy atom. The van der Waals surface area contributed by atoms with Crippen molar-refractivity contribution in [3.05, 3.63) is 29.3 Å². The van der Waals surface area contributed by atoms with Gasteiger partial charge in [-0.05, 0) is 39.3 Å². The molecule has 164 valence electrons. The third-order valence-corrected chi connectivity index (χ3v) is 5.13. The molecule has 7 heteroatoms. The van der Waals surface area contributed by atoms with Crippen LogP contribution in [0.1, 0.15) is 31.9 Å². The van der Waals surface area contributed by atoms with Crippen molar-refractivity contribution in [1.29, 1.82) is 0 Å². The second kappa shape index (κ2) is 12.7. The molecule has 0 amide bonds. The lowest BCUT2D eigenvalue weighted by molar-refractivity contribution is -0.0174. The Morgan fingerprint density at radius 2 is 2.17 bits per heavy atom. The first-order valence-electron chi connectivity index (χ1n) is 10.6. The zero-order chi connectivity index (χ0) is 21.1. The molecule has 2 N–H and O–H groups in total. The molecular weight excluding hydrogens is 368 g/mol. The van der Waals surface area contributed by atoms with Crippen LogP contribution in [0, 0.1) is 6.92 Å². The summed E-state index contributed by atoms with van der Waals surface area (Å²) in [6, 6.07) is 7.12. The molecule has 1 aliphatic heterocycles. The second-order valence-corrected chi connectivity index (χ2v) is 7.47. The predicted molar refractivity (Wildman–Crippen MR) is 118 cm³/mol. The van der Waals surface area contributed by atoms with Crippen LogP contribution >= 0.6 is 0 Å². The Balaban J connectivity index is 1.85. The minimum Gasteiger partial charge on any atom is -0.491 e. The van der Waals surface area contributed by atoms with Crippen LogP contribution in [0.2, 0.25) is 0 Å². The van der Waals surface area contributed by atoms with Gasteiger partial charge in [0.25, 0.3) is 0 Å². The molecule has 1 heterocycles. The van der Waals surface area contributed by atoms with Crippen molar-refractivity contribution in [1.82, 2.24) is 15.5 Å². The van der Waals surface area contributed by atoms with Gasteiger partial charge in [-0.3, -0.25) is 9.89 Å². The number of aliphatic imine (C=N–C) groups is 1. The van der Waals surface area contributed by atoms with Crippen LogP contribution in [0.25, 0.3) is 0 Å².